The first kappa shape index (κ1) is 17.2. The molecule has 25 heavy (non-hydrogen) atoms. The van der Waals surface area contributed by atoms with Crippen molar-refractivity contribution in [1.82, 2.24) is 4.98 Å². The Hall–Kier alpha value is -2.67. The van der Waals surface area contributed by atoms with E-state index in [9.17, 15) is 18.0 Å². The minimum Gasteiger partial charge on any atom is -0.322 e. The third kappa shape index (κ3) is 3.88. The van der Waals surface area contributed by atoms with Crippen molar-refractivity contribution in [3.8, 4) is 11.3 Å². The second-order valence-corrected chi connectivity index (χ2v) is 6.39. The molecule has 128 valence electrons. The number of halogens is 3. The number of rotatable bonds is 3. The summed E-state index contributed by atoms with van der Waals surface area (Å²) in [5, 5.41) is 5.36. The summed E-state index contributed by atoms with van der Waals surface area (Å²) in [6.45, 7) is 1.90. The zero-order valence-electron chi connectivity index (χ0n) is 13.1. The molecule has 0 aliphatic rings. The van der Waals surface area contributed by atoms with Crippen LogP contribution < -0.4 is 5.32 Å². The van der Waals surface area contributed by atoms with Crippen LogP contribution in [0.15, 0.2) is 53.9 Å². The standard InChI is InChI=1S/C18H13F3N2OS/c1-11-22-16(10-25-11)12-6-8-13(9-7-12)23-17(24)14-4-2-3-5-15(14)18(19,20)21/h2-10H,1H3,(H,23,24). The molecule has 1 heterocycles. The van der Waals surface area contributed by atoms with Crippen LogP contribution in [0.4, 0.5) is 18.9 Å². The summed E-state index contributed by atoms with van der Waals surface area (Å²) >= 11 is 1.53. The zero-order valence-corrected chi connectivity index (χ0v) is 13.9. The van der Waals surface area contributed by atoms with Gasteiger partial charge < -0.3 is 5.32 Å². The number of carbonyl (C=O) groups is 1. The minimum absolute atomic E-state index is 0.408. The molecular weight excluding hydrogens is 349 g/mol. The predicted molar refractivity (Wildman–Crippen MR) is 91.7 cm³/mol. The van der Waals surface area contributed by atoms with E-state index in [0.717, 1.165) is 28.4 Å². The molecule has 0 atom stereocenters. The van der Waals surface area contributed by atoms with Gasteiger partial charge in [-0.25, -0.2) is 4.98 Å². The van der Waals surface area contributed by atoms with Gasteiger partial charge in [0.15, 0.2) is 0 Å². The number of alkyl halides is 3. The normalized spacial score (nSPS) is 11.4. The van der Waals surface area contributed by atoms with Gasteiger partial charge in [0.2, 0.25) is 0 Å². The molecular formula is C18H13F3N2OS. The van der Waals surface area contributed by atoms with Crippen molar-refractivity contribution in [2.45, 2.75) is 13.1 Å². The average molecular weight is 362 g/mol. The van der Waals surface area contributed by atoms with Crippen LogP contribution in [0.5, 0.6) is 0 Å². The molecule has 3 rings (SSSR count). The number of anilines is 1. The van der Waals surface area contributed by atoms with Crippen LogP contribution in [0.1, 0.15) is 20.9 Å². The highest BCUT2D eigenvalue weighted by Gasteiger charge is 2.34. The number of hydrogen-bond acceptors (Lipinski definition) is 3. The Balaban J connectivity index is 1.80. The van der Waals surface area contributed by atoms with Gasteiger partial charge >= 0.3 is 6.18 Å². The van der Waals surface area contributed by atoms with Crippen LogP contribution in [-0.2, 0) is 6.18 Å². The number of benzene rings is 2. The highest BCUT2D eigenvalue weighted by atomic mass is 32.1. The molecule has 0 aliphatic carbocycles. The first-order valence-corrected chi connectivity index (χ1v) is 8.23. The Morgan fingerprint density at radius 3 is 2.36 bits per heavy atom. The maximum Gasteiger partial charge on any atom is 0.417 e. The number of nitrogens with one attached hydrogen (secondary N) is 1. The minimum atomic E-state index is -4.58. The van der Waals surface area contributed by atoms with E-state index >= 15 is 0 Å². The van der Waals surface area contributed by atoms with E-state index in [4.69, 9.17) is 0 Å². The molecule has 1 aromatic heterocycles. The lowest BCUT2D eigenvalue weighted by molar-refractivity contribution is -0.137. The Kier molecular flexibility index (Phi) is 4.59. The predicted octanol–water partition coefficient (Wildman–Crippen LogP) is 5.39. The maximum absolute atomic E-state index is 13.0. The first-order chi connectivity index (χ1) is 11.8. The number of hydrogen-bond donors (Lipinski definition) is 1. The van der Waals surface area contributed by atoms with Crippen LogP contribution >= 0.6 is 11.3 Å². The van der Waals surface area contributed by atoms with Crippen molar-refractivity contribution in [3.63, 3.8) is 0 Å². The summed E-state index contributed by atoms with van der Waals surface area (Å²) in [6, 6.07) is 11.5. The zero-order chi connectivity index (χ0) is 18.0. The van der Waals surface area contributed by atoms with E-state index in [2.05, 4.69) is 10.3 Å². The molecule has 3 nitrogen and oxygen atoms in total. The Labute approximate surface area is 146 Å². The average Bonchev–Trinajstić information content (AvgIpc) is 3.01. The van der Waals surface area contributed by atoms with Crippen molar-refractivity contribution >= 4 is 22.9 Å². The Bertz CT molecular complexity index is 901. The molecule has 7 heteroatoms. The van der Waals surface area contributed by atoms with Crippen molar-refractivity contribution in [2.75, 3.05) is 5.32 Å². The van der Waals surface area contributed by atoms with Crippen LogP contribution in [0.25, 0.3) is 11.3 Å². The lowest BCUT2D eigenvalue weighted by Gasteiger charge is -2.12. The largest absolute Gasteiger partial charge is 0.417 e. The maximum atomic E-state index is 13.0. The van der Waals surface area contributed by atoms with Crippen molar-refractivity contribution in [2.24, 2.45) is 0 Å². The quantitative estimate of drug-likeness (QED) is 0.679. The number of thiazole rings is 1. The van der Waals surface area contributed by atoms with Gasteiger partial charge in [-0.05, 0) is 31.2 Å². The lowest BCUT2D eigenvalue weighted by Crippen LogP contribution is -2.18. The number of aryl methyl sites for hydroxylation is 1. The van der Waals surface area contributed by atoms with E-state index in [0.29, 0.717) is 5.69 Å². The van der Waals surface area contributed by atoms with Gasteiger partial charge in [-0.3, -0.25) is 4.79 Å². The fourth-order valence-corrected chi connectivity index (χ4v) is 2.97. The van der Waals surface area contributed by atoms with Gasteiger partial charge in [0.05, 0.1) is 21.8 Å². The fourth-order valence-electron chi connectivity index (χ4n) is 2.35. The molecule has 1 amide bonds. The molecule has 2 aromatic carbocycles. The van der Waals surface area contributed by atoms with Crippen molar-refractivity contribution in [1.29, 1.82) is 0 Å². The number of amides is 1. The molecule has 0 saturated carbocycles. The lowest BCUT2D eigenvalue weighted by atomic mass is 10.1. The molecule has 0 bridgehead atoms. The number of nitrogens with zero attached hydrogens (tertiary/aromatic N) is 1. The summed E-state index contributed by atoms with van der Waals surface area (Å²) < 4.78 is 39.0. The second-order valence-electron chi connectivity index (χ2n) is 5.33. The van der Waals surface area contributed by atoms with E-state index in [1.807, 2.05) is 12.3 Å². The molecule has 0 unspecified atom stereocenters. The summed E-state index contributed by atoms with van der Waals surface area (Å²) in [5.41, 5.74) is 0.745. The highest BCUT2D eigenvalue weighted by molar-refractivity contribution is 7.09. The molecule has 0 spiro atoms. The monoisotopic (exact) mass is 362 g/mol. The second kappa shape index (κ2) is 6.68. The molecule has 1 N–H and O–H groups in total. The fraction of sp³-hybridized carbons (Fsp3) is 0.111. The van der Waals surface area contributed by atoms with E-state index < -0.39 is 23.2 Å². The van der Waals surface area contributed by atoms with Crippen molar-refractivity contribution in [3.05, 3.63) is 70.0 Å². The van der Waals surface area contributed by atoms with Crippen LogP contribution in [0, 0.1) is 6.92 Å². The summed E-state index contributed by atoms with van der Waals surface area (Å²) in [7, 11) is 0. The van der Waals surface area contributed by atoms with Gasteiger partial charge in [-0.15, -0.1) is 11.3 Å². The number of aromatic nitrogens is 1. The van der Waals surface area contributed by atoms with Crippen LogP contribution in [-0.4, -0.2) is 10.9 Å². The molecule has 3 aromatic rings. The molecule has 0 saturated heterocycles. The molecule has 0 aliphatic heterocycles. The topological polar surface area (TPSA) is 42.0 Å². The van der Waals surface area contributed by atoms with Gasteiger partial charge in [0, 0.05) is 16.6 Å². The van der Waals surface area contributed by atoms with Gasteiger partial charge in [0.1, 0.15) is 0 Å². The van der Waals surface area contributed by atoms with Crippen molar-refractivity contribution < 1.29 is 18.0 Å². The highest BCUT2D eigenvalue weighted by Crippen LogP contribution is 2.32. The smallest absolute Gasteiger partial charge is 0.322 e. The summed E-state index contributed by atoms with van der Waals surface area (Å²) in [5.74, 6) is -0.801. The Morgan fingerprint density at radius 2 is 1.76 bits per heavy atom. The van der Waals surface area contributed by atoms with E-state index in [-0.39, 0.29) is 0 Å². The first-order valence-electron chi connectivity index (χ1n) is 7.35. The number of carbonyl (C=O) groups excluding carboxylic acids is 1. The Morgan fingerprint density at radius 1 is 1.08 bits per heavy atom. The van der Waals surface area contributed by atoms with E-state index in [1.165, 1.54) is 23.5 Å². The van der Waals surface area contributed by atoms with E-state index in [1.54, 1.807) is 24.3 Å². The van der Waals surface area contributed by atoms with Crippen LogP contribution in [0.2, 0.25) is 0 Å². The molecule has 0 fully saturated rings. The SMILES string of the molecule is Cc1nc(-c2ccc(NC(=O)c3ccccc3C(F)(F)F)cc2)cs1. The van der Waals surface area contributed by atoms with Crippen LogP contribution in [0.3, 0.4) is 0 Å². The third-order valence-corrected chi connectivity index (χ3v) is 4.31. The summed E-state index contributed by atoms with van der Waals surface area (Å²) in [4.78, 5) is 16.6. The van der Waals surface area contributed by atoms with Gasteiger partial charge in [-0.1, -0.05) is 24.3 Å². The molecule has 0 radical (unpaired) electrons. The van der Waals surface area contributed by atoms with Gasteiger partial charge in [-0.2, -0.15) is 13.2 Å². The third-order valence-electron chi connectivity index (χ3n) is 3.53. The summed E-state index contributed by atoms with van der Waals surface area (Å²) in [6.07, 6.45) is -4.58. The van der Waals surface area contributed by atoms with Gasteiger partial charge in [0.25, 0.3) is 5.91 Å².